The largest absolute Gasteiger partial charge is 0.383 e. The van der Waals surface area contributed by atoms with Crippen molar-refractivity contribution < 1.29 is 14.3 Å². The molecule has 4 nitrogen and oxygen atoms in total. The molecule has 1 atom stereocenters. The lowest BCUT2D eigenvalue weighted by molar-refractivity contribution is 0.112. The second-order valence-corrected chi connectivity index (χ2v) is 4.76. The van der Waals surface area contributed by atoms with E-state index < -0.39 is 0 Å². The summed E-state index contributed by atoms with van der Waals surface area (Å²) in [5.74, 6) is 0. The van der Waals surface area contributed by atoms with Crippen LogP contribution in [0.15, 0.2) is 11.4 Å². The molecule has 0 N–H and O–H groups in total. The molecule has 0 saturated heterocycles. The van der Waals surface area contributed by atoms with Gasteiger partial charge in [0, 0.05) is 37.9 Å². The van der Waals surface area contributed by atoms with Crippen LogP contribution < -0.4 is 4.90 Å². The maximum Gasteiger partial charge on any atom is 0.160 e. The van der Waals surface area contributed by atoms with Gasteiger partial charge < -0.3 is 14.4 Å². The van der Waals surface area contributed by atoms with Gasteiger partial charge in [0.1, 0.15) is 0 Å². The summed E-state index contributed by atoms with van der Waals surface area (Å²) in [5, 5.41) is 1.99. The smallest absolute Gasteiger partial charge is 0.160 e. The van der Waals surface area contributed by atoms with E-state index in [1.165, 1.54) is 11.3 Å². The second-order valence-electron chi connectivity index (χ2n) is 3.82. The molecule has 0 bridgehead atoms. The highest BCUT2D eigenvalue weighted by Crippen LogP contribution is 2.23. The molecular formula is C12H19NO3S. The molecule has 1 aromatic heterocycles. The van der Waals surface area contributed by atoms with Gasteiger partial charge in [0.2, 0.25) is 0 Å². The Hall–Kier alpha value is -0.910. The molecule has 1 heterocycles. The summed E-state index contributed by atoms with van der Waals surface area (Å²) in [6, 6.07) is 2.16. The monoisotopic (exact) mass is 257 g/mol. The SMILES string of the molecule is COCCN(c1csc(C=O)c1)C(C)COC. The van der Waals surface area contributed by atoms with E-state index in [0.717, 1.165) is 23.4 Å². The Morgan fingerprint density at radius 2 is 2.24 bits per heavy atom. The molecule has 0 aliphatic carbocycles. The molecule has 0 fully saturated rings. The number of thiophene rings is 1. The first-order valence-corrected chi connectivity index (χ1v) is 6.39. The Balaban J connectivity index is 2.76. The van der Waals surface area contributed by atoms with Crippen LogP contribution in [0.2, 0.25) is 0 Å². The Kier molecular flexibility index (Phi) is 6.18. The van der Waals surface area contributed by atoms with Crippen molar-refractivity contribution in [2.75, 3.05) is 38.9 Å². The first-order chi connectivity index (χ1) is 8.22. The molecule has 1 rings (SSSR count). The standard InChI is InChI=1S/C12H19NO3S/c1-10(8-16-3)13(4-5-15-2)11-6-12(7-14)17-9-11/h6-7,9-10H,4-5,8H2,1-3H3. The number of ether oxygens (including phenoxy) is 2. The predicted octanol–water partition coefficient (Wildman–Crippen LogP) is 2.05. The molecule has 0 saturated carbocycles. The Bertz CT molecular complexity index is 340. The van der Waals surface area contributed by atoms with Crippen molar-refractivity contribution in [1.82, 2.24) is 0 Å². The van der Waals surface area contributed by atoms with Gasteiger partial charge in [-0.25, -0.2) is 0 Å². The number of carbonyl (C=O) groups is 1. The first-order valence-electron chi connectivity index (χ1n) is 5.51. The van der Waals surface area contributed by atoms with Crippen LogP contribution >= 0.6 is 11.3 Å². The summed E-state index contributed by atoms with van der Waals surface area (Å²) in [5.41, 5.74) is 1.05. The fourth-order valence-corrected chi connectivity index (χ4v) is 2.38. The van der Waals surface area contributed by atoms with Crippen molar-refractivity contribution in [2.24, 2.45) is 0 Å². The van der Waals surface area contributed by atoms with Gasteiger partial charge in [-0.05, 0) is 13.0 Å². The lowest BCUT2D eigenvalue weighted by Crippen LogP contribution is -2.38. The average Bonchev–Trinajstić information content (AvgIpc) is 2.78. The third-order valence-electron chi connectivity index (χ3n) is 2.53. The highest BCUT2D eigenvalue weighted by Gasteiger charge is 2.15. The molecule has 0 amide bonds. The van der Waals surface area contributed by atoms with Crippen molar-refractivity contribution in [3.8, 4) is 0 Å². The summed E-state index contributed by atoms with van der Waals surface area (Å²) in [4.78, 5) is 13.6. The highest BCUT2D eigenvalue weighted by atomic mass is 32.1. The molecule has 0 aliphatic heterocycles. The summed E-state index contributed by atoms with van der Waals surface area (Å²) in [7, 11) is 3.37. The lowest BCUT2D eigenvalue weighted by atomic mass is 10.2. The van der Waals surface area contributed by atoms with E-state index in [2.05, 4.69) is 11.8 Å². The minimum atomic E-state index is 0.254. The van der Waals surface area contributed by atoms with Gasteiger partial charge in [0.25, 0.3) is 0 Å². The Morgan fingerprint density at radius 1 is 1.47 bits per heavy atom. The van der Waals surface area contributed by atoms with E-state index in [0.29, 0.717) is 13.2 Å². The molecule has 5 heteroatoms. The number of anilines is 1. The van der Waals surface area contributed by atoms with Gasteiger partial charge in [-0.2, -0.15) is 0 Å². The fourth-order valence-electron chi connectivity index (χ4n) is 1.68. The van der Waals surface area contributed by atoms with Crippen LogP contribution in [-0.2, 0) is 9.47 Å². The van der Waals surface area contributed by atoms with Crippen LogP contribution in [-0.4, -0.2) is 46.3 Å². The van der Waals surface area contributed by atoms with Crippen molar-refractivity contribution in [3.05, 3.63) is 16.3 Å². The van der Waals surface area contributed by atoms with Crippen molar-refractivity contribution in [2.45, 2.75) is 13.0 Å². The summed E-state index contributed by atoms with van der Waals surface area (Å²) in [6.45, 7) is 4.18. The topological polar surface area (TPSA) is 38.8 Å². The van der Waals surface area contributed by atoms with E-state index in [1.807, 2.05) is 11.4 Å². The summed E-state index contributed by atoms with van der Waals surface area (Å²) < 4.78 is 10.3. The zero-order chi connectivity index (χ0) is 12.7. The number of aldehydes is 1. The number of nitrogens with zero attached hydrogens (tertiary/aromatic N) is 1. The van der Waals surface area contributed by atoms with Gasteiger partial charge in [-0.1, -0.05) is 0 Å². The molecule has 0 radical (unpaired) electrons. The van der Waals surface area contributed by atoms with Gasteiger partial charge in [-0.15, -0.1) is 11.3 Å². The fraction of sp³-hybridized carbons (Fsp3) is 0.583. The normalized spacial score (nSPS) is 12.4. The van der Waals surface area contributed by atoms with E-state index in [4.69, 9.17) is 9.47 Å². The number of rotatable bonds is 8. The van der Waals surface area contributed by atoms with Crippen LogP contribution in [0.5, 0.6) is 0 Å². The molecule has 1 aromatic rings. The third-order valence-corrected chi connectivity index (χ3v) is 3.38. The lowest BCUT2D eigenvalue weighted by Gasteiger charge is -2.29. The van der Waals surface area contributed by atoms with Crippen molar-refractivity contribution in [3.63, 3.8) is 0 Å². The van der Waals surface area contributed by atoms with Crippen molar-refractivity contribution >= 4 is 23.3 Å². The number of hydrogen-bond donors (Lipinski definition) is 0. The summed E-state index contributed by atoms with van der Waals surface area (Å²) >= 11 is 1.46. The van der Waals surface area contributed by atoms with Crippen LogP contribution in [0.1, 0.15) is 16.6 Å². The molecule has 0 aliphatic rings. The second kappa shape index (κ2) is 7.42. The van der Waals surface area contributed by atoms with E-state index in [-0.39, 0.29) is 6.04 Å². The number of hydrogen-bond acceptors (Lipinski definition) is 5. The molecule has 0 spiro atoms. The van der Waals surface area contributed by atoms with Crippen LogP contribution in [0, 0.1) is 0 Å². The zero-order valence-corrected chi connectivity index (χ0v) is 11.3. The first kappa shape index (κ1) is 14.2. The van der Waals surface area contributed by atoms with Gasteiger partial charge >= 0.3 is 0 Å². The molecule has 17 heavy (non-hydrogen) atoms. The van der Waals surface area contributed by atoms with Crippen molar-refractivity contribution in [1.29, 1.82) is 0 Å². The Morgan fingerprint density at radius 3 is 2.76 bits per heavy atom. The minimum absolute atomic E-state index is 0.254. The molecule has 96 valence electrons. The number of carbonyl (C=O) groups excluding carboxylic acids is 1. The van der Waals surface area contributed by atoms with E-state index in [1.54, 1.807) is 14.2 Å². The van der Waals surface area contributed by atoms with E-state index >= 15 is 0 Å². The maximum atomic E-state index is 10.7. The molecule has 1 unspecified atom stereocenters. The molecule has 0 aromatic carbocycles. The summed E-state index contributed by atoms with van der Waals surface area (Å²) in [6.07, 6.45) is 0.879. The zero-order valence-electron chi connectivity index (χ0n) is 10.5. The van der Waals surface area contributed by atoms with Crippen LogP contribution in [0.4, 0.5) is 5.69 Å². The minimum Gasteiger partial charge on any atom is -0.383 e. The number of methoxy groups -OCH3 is 2. The van der Waals surface area contributed by atoms with Gasteiger partial charge in [0.15, 0.2) is 6.29 Å². The highest BCUT2D eigenvalue weighted by molar-refractivity contribution is 7.12. The van der Waals surface area contributed by atoms with Crippen LogP contribution in [0.3, 0.4) is 0 Å². The third kappa shape index (κ3) is 4.11. The van der Waals surface area contributed by atoms with Crippen LogP contribution in [0.25, 0.3) is 0 Å². The predicted molar refractivity (Wildman–Crippen MR) is 70.3 cm³/mol. The quantitative estimate of drug-likeness (QED) is 0.668. The maximum absolute atomic E-state index is 10.7. The average molecular weight is 257 g/mol. The van der Waals surface area contributed by atoms with Gasteiger partial charge in [0.05, 0.1) is 18.1 Å². The Labute approximate surface area is 106 Å². The van der Waals surface area contributed by atoms with E-state index in [9.17, 15) is 4.79 Å². The molecular weight excluding hydrogens is 238 g/mol. The van der Waals surface area contributed by atoms with Gasteiger partial charge in [-0.3, -0.25) is 4.79 Å².